The Bertz CT molecular complexity index is 157. The van der Waals surface area contributed by atoms with Crippen LogP contribution in [0.4, 0.5) is 13.2 Å². The van der Waals surface area contributed by atoms with Crippen molar-refractivity contribution in [3.05, 3.63) is 0 Å². The Morgan fingerprint density at radius 3 is 2.42 bits per heavy atom. The first kappa shape index (κ1) is 11.6. The number of hydrogen-bond donors (Lipinski definition) is 0. The predicted molar refractivity (Wildman–Crippen MR) is 41.4 cm³/mol. The maximum absolute atomic E-state index is 11.7. The molecule has 0 amide bonds. The van der Waals surface area contributed by atoms with Gasteiger partial charge in [-0.05, 0) is 5.72 Å². The number of halogens is 3. The Balaban J connectivity index is 3.94. The number of Topliss-reactive ketones (excluding diaryl/α,β-unsaturated/α-hetero) is 1. The van der Waals surface area contributed by atoms with Crippen molar-refractivity contribution in [1.29, 1.82) is 0 Å². The smallest absolute Gasteiger partial charge is 0.291 e. The van der Waals surface area contributed by atoms with Gasteiger partial charge >= 0.3 is 6.18 Å². The van der Waals surface area contributed by atoms with Crippen LogP contribution in [-0.4, -0.2) is 27.1 Å². The Kier molecular flexibility index (Phi) is 4.42. The van der Waals surface area contributed by atoms with Gasteiger partial charge in [0.25, 0.3) is 0 Å². The van der Waals surface area contributed by atoms with E-state index in [0.29, 0.717) is 12.7 Å². The van der Waals surface area contributed by atoms with Gasteiger partial charge in [0.15, 0.2) is 0 Å². The molecule has 0 saturated heterocycles. The number of hydrogen-bond acceptors (Lipinski definition) is 1. The molecule has 1 nitrogen and oxygen atoms in total. The minimum atomic E-state index is -4.82. The van der Waals surface area contributed by atoms with E-state index < -0.39 is 17.7 Å². The van der Waals surface area contributed by atoms with Crippen molar-refractivity contribution in [2.45, 2.75) is 31.6 Å². The Hall–Kier alpha value is -0.410. The number of ketones is 1. The van der Waals surface area contributed by atoms with E-state index in [1.54, 1.807) is 6.92 Å². The van der Waals surface area contributed by atoms with Gasteiger partial charge in [0, 0.05) is 0 Å². The zero-order chi connectivity index (χ0) is 9.78. The molecule has 0 rings (SSSR count). The van der Waals surface area contributed by atoms with Crippen LogP contribution in [-0.2, 0) is 4.79 Å². The van der Waals surface area contributed by atoms with Gasteiger partial charge in [-0.2, -0.15) is 13.2 Å². The summed E-state index contributed by atoms with van der Waals surface area (Å²) in [7, 11) is 6.14. The molecule has 3 radical (unpaired) electrons. The van der Waals surface area contributed by atoms with Crippen LogP contribution in [0.25, 0.3) is 0 Å². The van der Waals surface area contributed by atoms with E-state index in [9.17, 15) is 18.0 Å². The summed E-state index contributed by atoms with van der Waals surface area (Å²) in [5, 5.41) is 0. The monoisotopic (exact) mass is 175 g/mol. The lowest BCUT2D eigenvalue weighted by Gasteiger charge is -2.10. The van der Waals surface area contributed by atoms with Crippen LogP contribution in [0.15, 0.2) is 0 Å². The second-order valence-corrected chi connectivity index (χ2v) is 2.41. The first-order valence-corrected chi connectivity index (χ1v) is 3.59. The number of carbonyl (C=O) groups excluding carboxylic acids is 1. The van der Waals surface area contributed by atoms with E-state index in [1.807, 2.05) is 0 Å². The number of rotatable bonds is 4. The average Bonchev–Trinajstić information content (AvgIpc) is 1.97. The third-order valence-corrected chi connectivity index (χ3v) is 1.29. The van der Waals surface area contributed by atoms with Crippen molar-refractivity contribution in [3.8, 4) is 0 Å². The molecule has 0 aliphatic heterocycles. The summed E-state index contributed by atoms with van der Waals surface area (Å²) in [5.74, 6) is -1.88. The van der Waals surface area contributed by atoms with Gasteiger partial charge in [0.2, 0.25) is 5.78 Å². The highest BCUT2D eigenvalue weighted by Gasteiger charge is 2.40. The lowest BCUT2D eigenvalue weighted by atomic mass is 9.51. The van der Waals surface area contributed by atoms with Crippen LogP contribution in [0.2, 0.25) is 12.0 Å². The van der Waals surface area contributed by atoms with E-state index in [0.717, 1.165) is 0 Å². The van der Waals surface area contributed by atoms with Crippen LogP contribution < -0.4 is 0 Å². The minimum absolute atomic E-state index is 0.420. The molecule has 0 aromatic carbocycles. The summed E-state index contributed by atoms with van der Waals surface area (Å²) in [6.45, 7) is 1.79. The van der Waals surface area contributed by atoms with Gasteiger partial charge in [-0.1, -0.05) is 19.7 Å². The van der Waals surface area contributed by atoms with Crippen molar-refractivity contribution >= 4 is 20.9 Å². The van der Waals surface area contributed by atoms with E-state index >= 15 is 0 Å². The molecular weight excluding hydrogens is 167 g/mol. The van der Waals surface area contributed by atoms with E-state index in [2.05, 4.69) is 0 Å². The first-order valence-electron chi connectivity index (χ1n) is 3.59. The van der Waals surface area contributed by atoms with Crippen molar-refractivity contribution in [1.82, 2.24) is 0 Å². The van der Waals surface area contributed by atoms with Gasteiger partial charge in [0.1, 0.15) is 7.28 Å². The summed E-state index contributed by atoms with van der Waals surface area (Å²) in [5.41, 5.74) is -1.51. The number of carbonyl (C=O) groups is 1. The summed E-state index contributed by atoms with van der Waals surface area (Å²) in [6.07, 6.45) is -3.72. The first-order chi connectivity index (χ1) is 5.39. The zero-order valence-corrected chi connectivity index (χ0v) is 6.69. The third-order valence-electron chi connectivity index (χ3n) is 1.29. The van der Waals surface area contributed by atoms with Crippen molar-refractivity contribution in [3.63, 3.8) is 0 Å². The van der Waals surface area contributed by atoms with Gasteiger partial charge in [-0.3, -0.25) is 4.79 Å². The molecule has 0 heterocycles. The molecule has 1 unspecified atom stereocenters. The summed E-state index contributed by atoms with van der Waals surface area (Å²) < 4.78 is 35.0. The van der Waals surface area contributed by atoms with Crippen LogP contribution in [0, 0.1) is 0 Å². The van der Waals surface area contributed by atoms with E-state index in [1.165, 1.54) is 7.28 Å². The van der Waals surface area contributed by atoms with Crippen LogP contribution in [0.1, 0.15) is 13.3 Å². The molecule has 65 valence electrons. The summed E-state index contributed by atoms with van der Waals surface area (Å²) >= 11 is 0. The molecule has 0 fully saturated rings. The highest BCUT2D eigenvalue weighted by atomic mass is 19.4. The third kappa shape index (κ3) is 3.83. The molecule has 0 saturated carbocycles. The molecule has 6 heteroatoms. The second-order valence-electron chi connectivity index (χ2n) is 2.41. The molecular formula is C6H8B2F3O. The maximum Gasteiger partial charge on any atom is 0.448 e. The average molecular weight is 175 g/mol. The lowest BCUT2D eigenvalue weighted by Crippen LogP contribution is -2.30. The Labute approximate surface area is 71.4 Å². The Morgan fingerprint density at radius 1 is 1.58 bits per heavy atom. The predicted octanol–water partition coefficient (Wildman–Crippen LogP) is 1.56. The molecule has 12 heavy (non-hydrogen) atoms. The molecule has 0 aromatic heterocycles. The highest BCUT2D eigenvalue weighted by molar-refractivity contribution is 6.58. The van der Waals surface area contributed by atoms with Crippen molar-refractivity contribution in [2.24, 2.45) is 0 Å². The van der Waals surface area contributed by atoms with Crippen LogP contribution in [0.3, 0.4) is 0 Å². The van der Waals surface area contributed by atoms with E-state index in [-0.39, 0.29) is 0 Å². The quantitative estimate of drug-likeness (QED) is 0.592. The molecule has 0 aliphatic rings. The largest absolute Gasteiger partial charge is 0.448 e. The molecule has 0 N–H and O–H groups in total. The van der Waals surface area contributed by atoms with Crippen LogP contribution >= 0.6 is 0 Å². The van der Waals surface area contributed by atoms with Gasteiger partial charge in [-0.25, -0.2) is 0 Å². The molecule has 1 atom stereocenters. The molecule has 0 spiro atoms. The van der Waals surface area contributed by atoms with Crippen LogP contribution in [0.5, 0.6) is 0 Å². The molecule has 0 bridgehead atoms. The normalized spacial score (nSPS) is 14.0. The number of alkyl halides is 3. The van der Waals surface area contributed by atoms with Gasteiger partial charge in [-0.15, -0.1) is 0 Å². The fourth-order valence-corrected chi connectivity index (χ4v) is 0.642. The zero-order valence-electron chi connectivity index (χ0n) is 6.69. The van der Waals surface area contributed by atoms with Gasteiger partial charge < -0.3 is 0 Å². The fraction of sp³-hybridized carbons (Fsp3) is 0.833. The molecule has 0 aromatic rings. The van der Waals surface area contributed by atoms with Gasteiger partial charge in [0.05, 0.1) is 7.85 Å². The topological polar surface area (TPSA) is 17.1 Å². The summed E-state index contributed by atoms with van der Waals surface area (Å²) in [6, 6.07) is 0. The fourth-order valence-electron chi connectivity index (χ4n) is 0.642. The standard InChI is InChI=1S/C6H8B2F3O/c1-2-3-8-5(7)4(12)6(9,10)11/h5H,2-3H2,1H3. The lowest BCUT2D eigenvalue weighted by molar-refractivity contribution is -0.169. The SMILES string of the molecule is [B]C([B]CCC)C(=O)C(F)(F)F. The highest BCUT2D eigenvalue weighted by Crippen LogP contribution is 2.22. The second kappa shape index (κ2) is 4.58. The maximum atomic E-state index is 11.7. The van der Waals surface area contributed by atoms with Crippen molar-refractivity contribution in [2.75, 3.05) is 0 Å². The van der Waals surface area contributed by atoms with E-state index in [4.69, 9.17) is 7.85 Å². The molecule has 0 aliphatic carbocycles. The summed E-state index contributed by atoms with van der Waals surface area (Å²) in [4.78, 5) is 10.4. The Morgan fingerprint density at radius 2 is 2.08 bits per heavy atom. The minimum Gasteiger partial charge on any atom is -0.291 e. The van der Waals surface area contributed by atoms with Crippen molar-refractivity contribution < 1.29 is 18.0 Å².